The molecule has 0 spiro atoms. The Hall–Kier alpha value is -1.99. The molecule has 1 amide bonds. The average molecular weight is 244 g/mol. The molecule has 1 aromatic rings. The second-order valence-electron chi connectivity index (χ2n) is 4.19. The lowest BCUT2D eigenvalue weighted by atomic mass is 10.1. The van der Waals surface area contributed by atoms with Gasteiger partial charge in [0.05, 0.1) is 0 Å². The Morgan fingerprint density at radius 1 is 1.50 bits per heavy atom. The molecule has 1 unspecified atom stereocenters. The number of terminal acetylenes is 1. The average Bonchev–Trinajstić information content (AvgIpc) is 2.81. The van der Waals surface area contributed by atoms with Gasteiger partial charge >= 0.3 is 0 Å². The fraction of sp³-hybridized carbons (Fsp3) is 0.357. The van der Waals surface area contributed by atoms with Gasteiger partial charge in [-0.25, -0.2) is 0 Å². The van der Waals surface area contributed by atoms with Gasteiger partial charge in [-0.2, -0.15) is 0 Å². The largest absolute Gasteiger partial charge is 0.481 e. The van der Waals surface area contributed by atoms with E-state index in [0.29, 0.717) is 19.5 Å². The molecule has 2 rings (SSSR count). The molecular weight excluding hydrogens is 228 g/mol. The first-order valence-electron chi connectivity index (χ1n) is 5.94. The summed E-state index contributed by atoms with van der Waals surface area (Å²) in [6, 6.07) is 7.95. The molecule has 0 radical (unpaired) electrons. The molecule has 1 saturated heterocycles. The van der Waals surface area contributed by atoms with Crippen molar-refractivity contribution < 1.29 is 9.53 Å². The zero-order valence-electron chi connectivity index (χ0n) is 10.1. The van der Waals surface area contributed by atoms with Crippen LogP contribution in [0, 0.1) is 12.3 Å². The maximum Gasteiger partial charge on any atom is 0.221 e. The molecular formula is C14H16N2O2. The van der Waals surface area contributed by atoms with Gasteiger partial charge in [-0.1, -0.05) is 24.1 Å². The van der Waals surface area contributed by atoms with Gasteiger partial charge in [0.25, 0.3) is 0 Å². The van der Waals surface area contributed by atoms with E-state index in [1.165, 1.54) is 0 Å². The number of hydrogen-bond donors (Lipinski definition) is 2. The van der Waals surface area contributed by atoms with Gasteiger partial charge in [0, 0.05) is 31.1 Å². The van der Waals surface area contributed by atoms with Crippen LogP contribution in [0.2, 0.25) is 0 Å². The lowest BCUT2D eigenvalue weighted by molar-refractivity contribution is -0.119. The fourth-order valence-electron chi connectivity index (χ4n) is 1.91. The van der Waals surface area contributed by atoms with Crippen molar-refractivity contribution in [1.82, 2.24) is 10.6 Å². The molecule has 0 aliphatic carbocycles. The first-order valence-corrected chi connectivity index (χ1v) is 5.94. The van der Waals surface area contributed by atoms with E-state index >= 15 is 0 Å². The zero-order valence-corrected chi connectivity index (χ0v) is 10.1. The van der Waals surface area contributed by atoms with Crippen LogP contribution in [0.3, 0.4) is 0 Å². The molecule has 4 heteroatoms. The van der Waals surface area contributed by atoms with Crippen molar-refractivity contribution in [3.05, 3.63) is 29.8 Å². The van der Waals surface area contributed by atoms with E-state index in [2.05, 4.69) is 16.6 Å². The minimum atomic E-state index is 0.101. The van der Waals surface area contributed by atoms with Crippen molar-refractivity contribution in [3.63, 3.8) is 0 Å². The summed E-state index contributed by atoms with van der Waals surface area (Å²) < 4.78 is 5.46. The lowest BCUT2D eigenvalue weighted by Crippen LogP contribution is -2.30. The van der Waals surface area contributed by atoms with Gasteiger partial charge in [-0.3, -0.25) is 4.79 Å². The Morgan fingerprint density at radius 3 is 3.06 bits per heavy atom. The molecule has 1 aliphatic rings. The quantitative estimate of drug-likeness (QED) is 0.749. The molecule has 0 aromatic heterocycles. The first-order chi connectivity index (χ1) is 8.79. The third-order valence-electron chi connectivity index (χ3n) is 2.84. The molecule has 1 aliphatic heterocycles. The summed E-state index contributed by atoms with van der Waals surface area (Å²) >= 11 is 0. The van der Waals surface area contributed by atoms with Crippen molar-refractivity contribution in [2.75, 3.05) is 13.2 Å². The SMILES string of the molecule is C#CCOc1ccccc1CNC1CNC(=O)C1. The highest BCUT2D eigenvalue weighted by molar-refractivity contribution is 5.78. The predicted molar refractivity (Wildman–Crippen MR) is 69.0 cm³/mol. The number of carbonyl (C=O) groups excluding carboxylic acids is 1. The summed E-state index contributed by atoms with van der Waals surface area (Å²) in [5.74, 6) is 3.34. The Kier molecular flexibility index (Phi) is 4.21. The topological polar surface area (TPSA) is 50.4 Å². The number of carbonyl (C=O) groups is 1. The molecule has 2 N–H and O–H groups in total. The second kappa shape index (κ2) is 6.08. The molecule has 18 heavy (non-hydrogen) atoms. The monoisotopic (exact) mass is 244 g/mol. The van der Waals surface area contributed by atoms with E-state index < -0.39 is 0 Å². The lowest BCUT2D eigenvalue weighted by Gasteiger charge is -2.13. The molecule has 94 valence electrons. The summed E-state index contributed by atoms with van der Waals surface area (Å²) in [5.41, 5.74) is 1.05. The highest BCUT2D eigenvalue weighted by Gasteiger charge is 2.20. The molecule has 1 aromatic carbocycles. The Labute approximate surface area is 107 Å². The van der Waals surface area contributed by atoms with Crippen LogP contribution < -0.4 is 15.4 Å². The third kappa shape index (κ3) is 3.25. The number of amides is 1. The number of hydrogen-bond acceptors (Lipinski definition) is 3. The van der Waals surface area contributed by atoms with Crippen LogP contribution in [0.4, 0.5) is 0 Å². The summed E-state index contributed by atoms with van der Waals surface area (Å²) in [4.78, 5) is 11.1. The van der Waals surface area contributed by atoms with Gasteiger partial charge in [0.15, 0.2) is 0 Å². The number of ether oxygens (including phenoxy) is 1. The molecule has 1 atom stereocenters. The molecule has 1 fully saturated rings. The van der Waals surface area contributed by atoms with E-state index in [1.807, 2.05) is 24.3 Å². The van der Waals surface area contributed by atoms with Crippen molar-refractivity contribution >= 4 is 5.91 Å². The Bertz CT molecular complexity index is 465. The number of nitrogens with one attached hydrogen (secondary N) is 2. The van der Waals surface area contributed by atoms with Crippen molar-refractivity contribution in [3.8, 4) is 18.1 Å². The maximum atomic E-state index is 11.1. The van der Waals surface area contributed by atoms with E-state index in [9.17, 15) is 4.79 Å². The van der Waals surface area contributed by atoms with Crippen LogP contribution in [-0.4, -0.2) is 25.1 Å². The highest BCUT2D eigenvalue weighted by atomic mass is 16.5. The number of rotatable bonds is 5. The number of para-hydroxylation sites is 1. The van der Waals surface area contributed by atoms with Gasteiger partial charge in [0.2, 0.25) is 5.91 Å². The standard InChI is InChI=1S/C14H16N2O2/c1-2-7-18-13-6-4-3-5-11(13)9-15-12-8-14(17)16-10-12/h1,3-6,12,15H,7-10H2,(H,16,17). The molecule has 4 nitrogen and oxygen atoms in total. The number of benzene rings is 1. The van der Waals surface area contributed by atoms with E-state index in [-0.39, 0.29) is 18.6 Å². The fourth-order valence-corrected chi connectivity index (χ4v) is 1.91. The molecule has 1 heterocycles. The summed E-state index contributed by atoms with van der Waals surface area (Å²) in [5, 5.41) is 6.13. The van der Waals surface area contributed by atoms with Crippen LogP contribution in [0.5, 0.6) is 5.75 Å². The zero-order chi connectivity index (χ0) is 12.8. The Morgan fingerprint density at radius 2 is 2.33 bits per heavy atom. The minimum absolute atomic E-state index is 0.101. The first kappa shape index (κ1) is 12.5. The van der Waals surface area contributed by atoms with Crippen LogP contribution in [0.15, 0.2) is 24.3 Å². The normalized spacial score (nSPS) is 18.2. The van der Waals surface area contributed by atoms with Crippen LogP contribution >= 0.6 is 0 Å². The minimum Gasteiger partial charge on any atom is -0.481 e. The van der Waals surface area contributed by atoms with Crippen molar-refractivity contribution in [2.45, 2.75) is 19.0 Å². The van der Waals surface area contributed by atoms with Gasteiger partial charge < -0.3 is 15.4 Å². The summed E-state index contributed by atoms with van der Waals surface area (Å²) in [6.07, 6.45) is 5.71. The highest BCUT2D eigenvalue weighted by Crippen LogP contribution is 2.18. The Balaban J connectivity index is 1.92. The summed E-state index contributed by atoms with van der Waals surface area (Å²) in [7, 11) is 0. The van der Waals surface area contributed by atoms with Crippen molar-refractivity contribution in [2.24, 2.45) is 0 Å². The van der Waals surface area contributed by atoms with E-state index in [1.54, 1.807) is 0 Å². The van der Waals surface area contributed by atoms with Crippen LogP contribution in [0.1, 0.15) is 12.0 Å². The van der Waals surface area contributed by atoms with Crippen LogP contribution in [-0.2, 0) is 11.3 Å². The summed E-state index contributed by atoms with van der Waals surface area (Å²) in [6.45, 7) is 1.62. The van der Waals surface area contributed by atoms with Gasteiger partial charge in [0.1, 0.15) is 12.4 Å². The van der Waals surface area contributed by atoms with Crippen molar-refractivity contribution in [1.29, 1.82) is 0 Å². The maximum absolute atomic E-state index is 11.1. The molecule has 0 saturated carbocycles. The second-order valence-corrected chi connectivity index (χ2v) is 4.19. The predicted octanol–water partition coefficient (Wildman–Crippen LogP) is 0.677. The third-order valence-corrected chi connectivity index (χ3v) is 2.84. The van der Waals surface area contributed by atoms with Gasteiger partial charge in [-0.05, 0) is 6.07 Å². The smallest absolute Gasteiger partial charge is 0.221 e. The molecule has 0 bridgehead atoms. The van der Waals surface area contributed by atoms with Crippen LogP contribution in [0.25, 0.3) is 0 Å². The van der Waals surface area contributed by atoms with E-state index in [4.69, 9.17) is 11.2 Å². The van der Waals surface area contributed by atoms with Gasteiger partial charge in [-0.15, -0.1) is 6.42 Å². The van der Waals surface area contributed by atoms with E-state index in [0.717, 1.165) is 11.3 Å².